The van der Waals surface area contributed by atoms with E-state index in [0.29, 0.717) is 5.69 Å². The zero-order valence-electron chi connectivity index (χ0n) is 15.7. The van der Waals surface area contributed by atoms with Crippen LogP contribution in [0.5, 0.6) is 0 Å². The molecule has 0 aromatic heterocycles. The molecule has 3 rings (SSSR count). The smallest absolute Gasteiger partial charge is 0.247 e. The fourth-order valence-electron chi connectivity index (χ4n) is 2.83. The van der Waals surface area contributed by atoms with Crippen molar-refractivity contribution in [1.82, 2.24) is 0 Å². The lowest BCUT2D eigenvalue weighted by atomic mass is 9.91. The Hall–Kier alpha value is -3.79. The molecule has 28 heavy (non-hydrogen) atoms. The van der Waals surface area contributed by atoms with E-state index in [2.05, 4.69) is 23.6 Å². The molecule has 1 amide bonds. The van der Waals surface area contributed by atoms with Gasteiger partial charge >= 0.3 is 0 Å². The van der Waals surface area contributed by atoms with Crippen molar-refractivity contribution in [3.63, 3.8) is 0 Å². The van der Waals surface area contributed by atoms with Crippen molar-refractivity contribution in [2.24, 2.45) is 9.98 Å². The summed E-state index contributed by atoms with van der Waals surface area (Å²) in [5, 5.41) is 2.79. The summed E-state index contributed by atoms with van der Waals surface area (Å²) < 4.78 is 0. The molecular formula is C24H21N3O. The normalized spacial score (nSPS) is 16.0. The Morgan fingerprint density at radius 3 is 2.64 bits per heavy atom. The van der Waals surface area contributed by atoms with Gasteiger partial charge in [-0.25, -0.2) is 4.99 Å². The summed E-state index contributed by atoms with van der Waals surface area (Å²) in [5.41, 5.74) is 6.27. The molecule has 1 aliphatic rings. The Kier molecular flexibility index (Phi) is 5.92. The number of hydrogen-bond acceptors (Lipinski definition) is 3. The average Bonchev–Trinajstić information content (AvgIpc) is 2.71. The Balaban J connectivity index is 2.06. The number of nitrogens with one attached hydrogen (secondary N) is 1. The van der Waals surface area contributed by atoms with Gasteiger partial charge in [0.25, 0.3) is 0 Å². The molecule has 2 aromatic rings. The number of rotatable bonds is 5. The minimum absolute atomic E-state index is 0.250. The standard InChI is InChI=1S/C24H21N3O/c1-4-23(28)26-21-9-5-7-18(15-21)22-10-6-8-19(16-25-3)24(22)27-20-13-11-17(2)12-14-20/h4-16H,1,3H2,2H3,(H,26,28)/b19-16-,27-24+. The molecule has 0 saturated carbocycles. The van der Waals surface area contributed by atoms with E-state index < -0.39 is 0 Å². The number of nitrogens with zero attached hydrogens (tertiary/aromatic N) is 2. The Morgan fingerprint density at radius 2 is 1.93 bits per heavy atom. The molecule has 1 N–H and O–H groups in total. The van der Waals surface area contributed by atoms with Crippen molar-refractivity contribution >= 4 is 35.3 Å². The van der Waals surface area contributed by atoms with E-state index in [1.165, 1.54) is 11.6 Å². The van der Waals surface area contributed by atoms with Gasteiger partial charge in [0.1, 0.15) is 0 Å². The van der Waals surface area contributed by atoms with Gasteiger partial charge in [-0.15, -0.1) is 0 Å². The summed E-state index contributed by atoms with van der Waals surface area (Å²) in [7, 11) is 0. The molecule has 2 aromatic carbocycles. The van der Waals surface area contributed by atoms with Crippen LogP contribution in [0.25, 0.3) is 5.57 Å². The molecule has 1 aliphatic carbocycles. The number of amides is 1. The molecule has 138 valence electrons. The van der Waals surface area contributed by atoms with Gasteiger partial charge in [0.2, 0.25) is 5.91 Å². The largest absolute Gasteiger partial charge is 0.323 e. The van der Waals surface area contributed by atoms with Gasteiger partial charge in [-0.3, -0.25) is 9.79 Å². The monoisotopic (exact) mass is 367 g/mol. The summed E-state index contributed by atoms with van der Waals surface area (Å²) >= 11 is 0. The second kappa shape index (κ2) is 8.73. The van der Waals surface area contributed by atoms with E-state index >= 15 is 0 Å². The number of aliphatic imine (C=N–C) groups is 2. The second-order valence-corrected chi connectivity index (χ2v) is 6.28. The average molecular weight is 367 g/mol. The van der Waals surface area contributed by atoms with Crippen LogP contribution in [0.2, 0.25) is 0 Å². The molecule has 4 heteroatoms. The predicted octanol–water partition coefficient (Wildman–Crippen LogP) is 5.43. The van der Waals surface area contributed by atoms with Crippen LogP contribution in [-0.4, -0.2) is 18.3 Å². The number of carbonyl (C=O) groups excluding carboxylic acids is 1. The van der Waals surface area contributed by atoms with Crippen molar-refractivity contribution < 1.29 is 4.79 Å². The van der Waals surface area contributed by atoms with Crippen LogP contribution in [0, 0.1) is 6.92 Å². The Labute approximate surface area is 165 Å². The second-order valence-electron chi connectivity index (χ2n) is 6.28. The van der Waals surface area contributed by atoms with Gasteiger partial charge < -0.3 is 5.32 Å². The third-order valence-electron chi connectivity index (χ3n) is 4.20. The highest BCUT2D eigenvalue weighted by Crippen LogP contribution is 2.29. The number of allylic oxidation sites excluding steroid dienone is 5. The maximum absolute atomic E-state index is 11.6. The lowest BCUT2D eigenvalue weighted by Crippen LogP contribution is -2.10. The van der Waals surface area contributed by atoms with Crippen molar-refractivity contribution in [2.45, 2.75) is 6.92 Å². The molecule has 0 fully saturated rings. The van der Waals surface area contributed by atoms with E-state index in [4.69, 9.17) is 4.99 Å². The van der Waals surface area contributed by atoms with Crippen LogP contribution in [0.1, 0.15) is 11.1 Å². The van der Waals surface area contributed by atoms with E-state index in [9.17, 15) is 4.79 Å². The lowest BCUT2D eigenvalue weighted by Gasteiger charge is -2.16. The number of aryl methyl sites for hydroxylation is 1. The van der Waals surface area contributed by atoms with Crippen LogP contribution in [0.15, 0.2) is 101 Å². The van der Waals surface area contributed by atoms with Crippen LogP contribution >= 0.6 is 0 Å². The van der Waals surface area contributed by atoms with Crippen molar-refractivity contribution in [1.29, 1.82) is 0 Å². The van der Waals surface area contributed by atoms with Gasteiger partial charge in [0.05, 0.1) is 11.4 Å². The first-order valence-corrected chi connectivity index (χ1v) is 8.85. The van der Waals surface area contributed by atoms with Crippen LogP contribution in [-0.2, 0) is 4.79 Å². The zero-order valence-corrected chi connectivity index (χ0v) is 15.7. The summed E-state index contributed by atoms with van der Waals surface area (Å²) in [6, 6.07) is 15.7. The van der Waals surface area contributed by atoms with Gasteiger partial charge in [-0.2, -0.15) is 0 Å². The molecule has 0 atom stereocenters. The molecule has 0 heterocycles. The molecule has 0 saturated heterocycles. The fraction of sp³-hybridized carbons (Fsp3) is 0.0417. The highest BCUT2D eigenvalue weighted by molar-refractivity contribution is 6.34. The molecule has 0 aliphatic heterocycles. The number of hydrogen-bond donors (Lipinski definition) is 1. The fourth-order valence-corrected chi connectivity index (χ4v) is 2.83. The SMILES string of the molecule is C=CC(=O)Nc1cccc(C2=CC=CC(=C/N=C)/C2=N\c2ccc(C)cc2)c1. The summed E-state index contributed by atoms with van der Waals surface area (Å²) in [6.45, 7) is 9.10. The van der Waals surface area contributed by atoms with Gasteiger partial charge in [-0.1, -0.05) is 54.6 Å². The van der Waals surface area contributed by atoms with Gasteiger partial charge in [-0.05, 0) is 49.5 Å². The quantitative estimate of drug-likeness (QED) is 0.556. The lowest BCUT2D eigenvalue weighted by molar-refractivity contribution is -0.111. The highest BCUT2D eigenvalue weighted by atomic mass is 16.1. The van der Waals surface area contributed by atoms with Gasteiger partial charge in [0.15, 0.2) is 0 Å². The van der Waals surface area contributed by atoms with Crippen molar-refractivity contribution in [2.75, 3.05) is 5.32 Å². The zero-order chi connectivity index (χ0) is 19.9. The first-order chi connectivity index (χ1) is 13.6. The van der Waals surface area contributed by atoms with E-state index in [1.54, 1.807) is 6.20 Å². The Morgan fingerprint density at radius 1 is 1.14 bits per heavy atom. The predicted molar refractivity (Wildman–Crippen MR) is 118 cm³/mol. The third kappa shape index (κ3) is 4.48. The van der Waals surface area contributed by atoms with Crippen molar-refractivity contribution in [3.05, 3.63) is 102 Å². The molecule has 0 bridgehead atoms. The van der Waals surface area contributed by atoms with E-state index in [-0.39, 0.29) is 5.91 Å². The Bertz CT molecular complexity index is 1040. The third-order valence-corrected chi connectivity index (χ3v) is 4.20. The van der Waals surface area contributed by atoms with E-state index in [1.807, 2.05) is 73.7 Å². The number of benzene rings is 2. The minimum atomic E-state index is -0.250. The first-order valence-electron chi connectivity index (χ1n) is 8.85. The summed E-state index contributed by atoms with van der Waals surface area (Å²) in [6.07, 6.45) is 8.85. The minimum Gasteiger partial charge on any atom is -0.323 e. The summed E-state index contributed by atoms with van der Waals surface area (Å²) in [4.78, 5) is 20.4. The molecular weight excluding hydrogens is 346 g/mol. The van der Waals surface area contributed by atoms with Crippen LogP contribution in [0.3, 0.4) is 0 Å². The molecule has 4 nitrogen and oxygen atoms in total. The van der Waals surface area contributed by atoms with E-state index in [0.717, 1.165) is 28.1 Å². The topological polar surface area (TPSA) is 53.8 Å². The van der Waals surface area contributed by atoms with Crippen molar-refractivity contribution in [3.8, 4) is 0 Å². The van der Waals surface area contributed by atoms with Gasteiger partial charge in [0, 0.05) is 23.0 Å². The van der Waals surface area contributed by atoms with Crippen LogP contribution < -0.4 is 5.32 Å². The number of anilines is 1. The number of carbonyl (C=O) groups is 1. The molecule has 0 spiro atoms. The maximum Gasteiger partial charge on any atom is 0.247 e. The first kappa shape index (κ1) is 19.0. The molecule has 0 unspecified atom stereocenters. The molecule has 0 radical (unpaired) electrons. The summed E-state index contributed by atoms with van der Waals surface area (Å²) in [5.74, 6) is -0.250. The highest BCUT2D eigenvalue weighted by Gasteiger charge is 2.16. The maximum atomic E-state index is 11.6. The van der Waals surface area contributed by atoms with Crippen LogP contribution in [0.4, 0.5) is 11.4 Å².